The molecule has 1 N–H and O–H groups in total. The maximum absolute atomic E-state index is 12.3. The topological polar surface area (TPSA) is 49.2 Å². The van der Waals surface area contributed by atoms with Crippen LogP contribution in [-0.2, 0) is 6.18 Å². The van der Waals surface area contributed by atoms with Crippen molar-refractivity contribution in [1.29, 1.82) is 0 Å². The third kappa shape index (κ3) is 4.14. The van der Waals surface area contributed by atoms with Crippen molar-refractivity contribution in [3.05, 3.63) is 17.8 Å². The number of aliphatic hydroxyl groups is 1. The van der Waals surface area contributed by atoms with E-state index in [1.807, 2.05) is 6.92 Å². The smallest absolute Gasteiger partial charge is 0.395 e. The van der Waals surface area contributed by atoms with Gasteiger partial charge >= 0.3 is 6.18 Å². The molecule has 4 nitrogen and oxygen atoms in total. The summed E-state index contributed by atoms with van der Waals surface area (Å²) in [4.78, 5) is 1.72. The Kier molecular flexibility index (Phi) is 5.33. The van der Waals surface area contributed by atoms with Crippen molar-refractivity contribution in [2.24, 2.45) is 0 Å². The lowest BCUT2D eigenvalue weighted by Crippen LogP contribution is -2.29. The van der Waals surface area contributed by atoms with Crippen molar-refractivity contribution < 1.29 is 18.3 Å². The number of halogens is 3. The lowest BCUT2D eigenvalue weighted by atomic mass is 10.3. The summed E-state index contributed by atoms with van der Waals surface area (Å²) in [5, 5.41) is 15.6. The van der Waals surface area contributed by atoms with Gasteiger partial charge in [-0.3, -0.25) is 0 Å². The first-order valence-electron chi connectivity index (χ1n) is 5.75. The van der Waals surface area contributed by atoms with E-state index in [1.54, 1.807) is 4.90 Å². The molecule has 0 aliphatic carbocycles. The Morgan fingerprint density at radius 1 is 1.22 bits per heavy atom. The summed E-state index contributed by atoms with van der Waals surface area (Å²) in [6.07, 6.45) is -2.64. The van der Waals surface area contributed by atoms with Gasteiger partial charge < -0.3 is 10.0 Å². The highest BCUT2D eigenvalue weighted by molar-refractivity contribution is 5.37. The molecule has 1 heterocycles. The average molecular weight is 263 g/mol. The number of alkyl halides is 3. The van der Waals surface area contributed by atoms with Crippen LogP contribution in [0.4, 0.5) is 19.0 Å². The first-order valence-corrected chi connectivity index (χ1v) is 5.75. The summed E-state index contributed by atoms with van der Waals surface area (Å²) in [6.45, 7) is 2.90. The minimum atomic E-state index is -4.48. The third-order valence-electron chi connectivity index (χ3n) is 2.42. The molecule has 0 saturated carbocycles. The first-order chi connectivity index (χ1) is 8.49. The zero-order valence-electron chi connectivity index (χ0n) is 10.1. The molecule has 0 spiro atoms. The van der Waals surface area contributed by atoms with E-state index >= 15 is 0 Å². The number of aromatic nitrogens is 2. The second kappa shape index (κ2) is 6.53. The van der Waals surface area contributed by atoms with Gasteiger partial charge in [0.25, 0.3) is 0 Å². The van der Waals surface area contributed by atoms with Gasteiger partial charge in [0.1, 0.15) is 0 Å². The Morgan fingerprint density at radius 3 is 2.39 bits per heavy atom. The highest BCUT2D eigenvalue weighted by atomic mass is 19.4. The molecular formula is C11H16F3N3O. The molecular weight excluding hydrogens is 247 g/mol. The summed E-state index contributed by atoms with van der Waals surface area (Å²) in [7, 11) is 0. The fourth-order valence-electron chi connectivity index (χ4n) is 1.46. The van der Waals surface area contributed by atoms with Crippen LogP contribution in [0.5, 0.6) is 0 Å². The van der Waals surface area contributed by atoms with Crippen LogP contribution in [0.3, 0.4) is 0 Å². The van der Waals surface area contributed by atoms with E-state index in [4.69, 9.17) is 5.11 Å². The average Bonchev–Trinajstić information content (AvgIpc) is 2.33. The van der Waals surface area contributed by atoms with Crippen LogP contribution in [0, 0.1) is 0 Å². The number of nitrogens with zero attached hydrogens (tertiary/aromatic N) is 3. The lowest BCUT2D eigenvalue weighted by Gasteiger charge is -2.22. The van der Waals surface area contributed by atoms with E-state index in [9.17, 15) is 13.2 Å². The maximum Gasteiger partial charge on any atom is 0.435 e. The van der Waals surface area contributed by atoms with Crippen LogP contribution >= 0.6 is 0 Å². The monoisotopic (exact) mass is 263 g/mol. The van der Waals surface area contributed by atoms with Crippen LogP contribution in [0.2, 0.25) is 0 Å². The molecule has 0 bridgehead atoms. The predicted molar refractivity (Wildman–Crippen MR) is 61.2 cm³/mol. The van der Waals surface area contributed by atoms with Gasteiger partial charge in [-0.25, -0.2) is 0 Å². The van der Waals surface area contributed by atoms with Crippen LogP contribution in [0.1, 0.15) is 25.5 Å². The minimum absolute atomic E-state index is 0.0770. The second-order valence-electron chi connectivity index (χ2n) is 3.84. The number of unbranched alkanes of at least 4 members (excludes halogenated alkanes) is 1. The molecule has 1 rings (SSSR count). The number of rotatable bonds is 6. The van der Waals surface area contributed by atoms with Gasteiger partial charge in [-0.15, -0.1) is 10.2 Å². The lowest BCUT2D eigenvalue weighted by molar-refractivity contribution is -0.141. The van der Waals surface area contributed by atoms with E-state index < -0.39 is 11.9 Å². The van der Waals surface area contributed by atoms with Gasteiger partial charge in [0.2, 0.25) is 0 Å². The Labute approximate surface area is 103 Å². The Morgan fingerprint density at radius 2 is 1.94 bits per heavy atom. The molecule has 0 radical (unpaired) electrons. The summed E-state index contributed by atoms with van der Waals surface area (Å²) < 4.78 is 36.9. The summed E-state index contributed by atoms with van der Waals surface area (Å²) in [5.74, 6) is 0.352. The normalized spacial score (nSPS) is 11.6. The molecule has 1 aromatic heterocycles. The zero-order chi connectivity index (χ0) is 13.6. The number of hydrogen-bond acceptors (Lipinski definition) is 4. The number of anilines is 1. The van der Waals surface area contributed by atoms with E-state index in [2.05, 4.69) is 10.2 Å². The standard InChI is InChI=1S/C11H16F3N3O/c1-2-3-6-17(7-8-18)10-5-4-9(15-16-10)11(12,13)14/h4-5,18H,2-3,6-8H2,1H3. The van der Waals surface area contributed by atoms with Crippen molar-refractivity contribution >= 4 is 5.82 Å². The zero-order valence-corrected chi connectivity index (χ0v) is 10.1. The van der Waals surface area contributed by atoms with Gasteiger partial charge in [0, 0.05) is 13.1 Å². The van der Waals surface area contributed by atoms with Crippen molar-refractivity contribution in [3.8, 4) is 0 Å². The van der Waals surface area contributed by atoms with Gasteiger partial charge in [-0.1, -0.05) is 13.3 Å². The van der Waals surface area contributed by atoms with E-state index in [-0.39, 0.29) is 6.61 Å². The van der Waals surface area contributed by atoms with E-state index in [0.717, 1.165) is 18.9 Å². The predicted octanol–water partition coefficient (Wildman–Crippen LogP) is 2.09. The van der Waals surface area contributed by atoms with Crippen molar-refractivity contribution in [3.63, 3.8) is 0 Å². The van der Waals surface area contributed by atoms with Crippen LogP contribution in [0.15, 0.2) is 12.1 Å². The van der Waals surface area contributed by atoms with E-state index in [0.29, 0.717) is 18.9 Å². The Bertz CT molecular complexity index is 354. The van der Waals surface area contributed by atoms with Gasteiger partial charge in [0.15, 0.2) is 11.5 Å². The molecule has 0 aromatic carbocycles. The minimum Gasteiger partial charge on any atom is -0.395 e. The fourth-order valence-corrected chi connectivity index (χ4v) is 1.46. The third-order valence-corrected chi connectivity index (χ3v) is 2.42. The molecule has 0 aliphatic rings. The molecule has 7 heteroatoms. The number of hydrogen-bond donors (Lipinski definition) is 1. The van der Waals surface area contributed by atoms with Gasteiger partial charge in [-0.05, 0) is 18.6 Å². The van der Waals surface area contributed by atoms with Crippen molar-refractivity contribution in [1.82, 2.24) is 10.2 Å². The molecule has 1 aromatic rings. The molecule has 0 saturated heterocycles. The molecule has 0 fully saturated rings. The van der Waals surface area contributed by atoms with Crippen LogP contribution in [0.25, 0.3) is 0 Å². The van der Waals surface area contributed by atoms with Crippen LogP contribution < -0.4 is 4.90 Å². The van der Waals surface area contributed by atoms with E-state index in [1.165, 1.54) is 6.07 Å². The highest BCUT2D eigenvalue weighted by Gasteiger charge is 2.33. The summed E-state index contributed by atoms with van der Waals surface area (Å²) in [5.41, 5.74) is -1.01. The molecule has 18 heavy (non-hydrogen) atoms. The molecule has 0 unspecified atom stereocenters. The first kappa shape index (κ1) is 14.7. The van der Waals surface area contributed by atoms with Gasteiger partial charge in [0.05, 0.1) is 6.61 Å². The largest absolute Gasteiger partial charge is 0.435 e. The van der Waals surface area contributed by atoms with Crippen LogP contribution in [-0.4, -0.2) is 35.0 Å². The number of aliphatic hydroxyl groups excluding tert-OH is 1. The molecule has 102 valence electrons. The molecule has 0 aliphatic heterocycles. The summed E-state index contributed by atoms with van der Waals surface area (Å²) >= 11 is 0. The highest BCUT2D eigenvalue weighted by Crippen LogP contribution is 2.27. The summed E-state index contributed by atoms with van der Waals surface area (Å²) in [6, 6.07) is 2.18. The molecule has 0 atom stereocenters. The second-order valence-corrected chi connectivity index (χ2v) is 3.84. The molecule has 0 amide bonds. The fraction of sp³-hybridized carbons (Fsp3) is 0.636. The SMILES string of the molecule is CCCCN(CCO)c1ccc(C(F)(F)F)nn1. The Hall–Kier alpha value is -1.37. The Balaban J connectivity index is 2.79. The van der Waals surface area contributed by atoms with Gasteiger partial charge in [-0.2, -0.15) is 13.2 Å². The maximum atomic E-state index is 12.3. The van der Waals surface area contributed by atoms with Crippen molar-refractivity contribution in [2.75, 3.05) is 24.6 Å². The quantitative estimate of drug-likeness (QED) is 0.853. The van der Waals surface area contributed by atoms with Crippen molar-refractivity contribution in [2.45, 2.75) is 25.9 Å².